The van der Waals surface area contributed by atoms with Gasteiger partial charge in [0.25, 0.3) is 5.91 Å². The van der Waals surface area contributed by atoms with Crippen molar-refractivity contribution in [1.29, 1.82) is 0 Å². The Morgan fingerprint density at radius 3 is 2.63 bits per heavy atom. The van der Waals surface area contributed by atoms with Crippen molar-refractivity contribution < 1.29 is 4.79 Å². The molecule has 1 aliphatic heterocycles. The maximum atomic E-state index is 12.5. The lowest BCUT2D eigenvalue weighted by atomic mass is 9.92. The summed E-state index contributed by atoms with van der Waals surface area (Å²) in [6.07, 6.45) is 8.03. The summed E-state index contributed by atoms with van der Waals surface area (Å²) in [6, 6.07) is 6.51. The van der Waals surface area contributed by atoms with Crippen LogP contribution in [-0.4, -0.2) is 48.9 Å². The number of hydrogen-bond acceptors (Lipinski definition) is 5. The van der Waals surface area contributed by atoms with Gasteiger partial charge in [-0.2, -0.15) is 0 Å². The van der Waals surface area contributed by atoms with Gasteiger partial charge in [-0.05, 0) is 55.4 Å². The molecule has 0 aromatic carbocycles. The van der Waals surface area contributed by atoms with Crippen LogP contribution in [0.25, 0.3) is 11.0 Å². The molecule has 2 aliphatic rings. The van der Waals surface area contributed by atoms with E-state index in [9.17, 15) is 4.79 Å². The molecule has 0 radical (unpaired) electrons. The number of amides is 1. The number of pyridine rings is 2. The van der Waals surface area contributed by atoms with Gasteiger partial charge in [-0.3, -0.25) is 9.48 Å². The molecular formula is C20H22N6O. The van der Waals surface area contributed by atoms with Gasteiger partial charge < -0.3 is 4.90 Å². The van der Waals surface area contributed by atoms with Crippen molar-refractivity contribution in [2.45, 2.75) is 37.5 Å². The first-order chi connectivity index (χ1) is 13.2. The van der Waals surface area contributed by atoms with Gasteiger partial charge in [0.2, 0.25) is 0 Å². The summed E-state index contributed by atoms with van der Waals surface area (Å²) >= 11 is 0. The van der Waals surface area contributed by atoms with E-state index in [0.29, 0.717) is 30.6 Å². The van der Waals surface area contributed by atoms with E-state index < -0.39 is 0 Å². The maximum absolute atomic E-state index is 12.5. The monoisotopic (exact) mass is 362 g/mol. The zero-order valence-corrected chi connectivity index (χ0v) is 15.4. The number of nitrogens with zero attached hydrogens (tertiary/aromatic N) is 6. The van der Waals surface area contributed by atoms with Gasteiger partial charge in [-0.25, -0.2) is 9.97 Å². The second kappa shape index (κ2) is 6.40. The highest BCUT2D eigenvalue weighted by Gasteiger charge is 2.27. The number of carbonyl (C=O) groups is 1. The van der Waals surface area contributed by atoms with Crippen LogP contribution in [0.4, 0.5) is 0 Å². The fourth-order valence-electron chi connectivity index (χ4n) is 3.90. The molecule has 7 heteroatoms. The zero-order valence-electron chi connectivity index (χ0n) is 15.4. The van der Waals surface area contributed by atoms with Crippen LogP contribution in [0.3, 0.4) is 0 Å². The molecule has 27 heavy (non-hydrogen) atoms. The van der Waals surface area contributed by atoms with Gasteiger partial charge in [-0.1, -0.05) is 5.21 Å². The number of carbonyl (C=O) groups excluding carboxylic acids is 1. The van der Waals surface area contributed by atoms with Crippen molar-refractivity contribution in [1.82, 2.24) is 29.9 Å². The van der Waals surface area contributed by atoms with Gasteiger partial charge >= 0.3 is 0 Å². The average molecular weight is 362 g/mol. The molecular weight excluding hydrogens is 340 g/mol. The van der Waals surface area contributed by atoms with E-state index in [2.05, 4.69) is 33.5 Å². The lowest BCUT2D eigenvalue weighted by Gasteiger charge is -2.31. The van der Waals surface area contributed by atoms with Crippen LogP contribution < -0.4 is 0 Å². The highest BCUT2D eigenvalue weighted by atomic mass is 16.2. The Hall–Kier alpha value is -2.83. The first-order valence-electron chi connectivity index (χ1n) is 9.59. The van der Waals surface area contributed by atoms with Crippen molar-refractivity contribution >= 4 is 16.9 Å². The summed E-state index contributed by atoms with van der Waals surface area (Å²) in [7, 11) is 1.77. The Labute approximate surface area is 157 Å². The summed E-state index contributed by atoms with van der Waals surface area (Å²) < 4.78 is 1.56. The predicted molar refractivity (Wildman–Crippen MR) is 100 cm³/mol. The van der Waals surface area contributed by atoms with Gasteiger partial charge in [-0.15, -0.1) is 5.10 Å². The number of rotatable bonds is 3. The van der Waals surface area contributed by atoms with Crippen LogP contribution >= 0.6 is 0 Å². The Morgan fingerprint density at radius 2 is 1.93 bits per heavy atom. The van der Waals surface area contributed by atoms with Crippen molar-refractivity contribution in [3.05, 3.63) is 47.5 Å². The molecule has 0 spiro atoms. The molecule has 138 valence electrons. The molecule has 0 bridgehead atoms. The molecule has 5 rings (SSSR count). The number of piperidine rings is 1. The van der Waals surface area contributed by atoms with Gasteiger partial charge in [0.1, 0.15) is 0 Å². The molecule has 3 aromatic heterocycles. The van der Waals surface area contributed by atoms with Crippen molar-refractivity contribution in [2.24, 2.45) is 7.05 Å². The zero-order chi connectivity index (χ0) is 18.4. The Morgan fingerprint density at radius 1 is 1.11 bits per heavy atom. The maximum Gasteiger partial charge on any atom is 0.276 e. The molecule has 0 N–H and O–H groups in total. The third kappa shape index (κ3) is 3.18. The van der Waals surface area contributed by atoms with E-state index in [1.165, 1.54) is 18.4 Å². The SMILES string of the molecule is Cn1cc(C(=O)N2CCC(c3ccc4cc(C5CC5)cnc4n3)CC2)nn1. The van der Waals surface area contributed by atoms with Crippen LogP contribution in [0.1, 0.15) is 59.3 Å². The first kappa shape index (κ1) is 16.4. The molecule has 1 aliphatic carbocycles. The molecule has 1 saturated carbocycles. The number of aromatic nitrogens is 5. The highest BCUT2D eigenvalue weighted by molar-refractivity contribution is 5.92. The normalized spacial score (nSPS) is 18.2. The molecule has 2 fully saturated rings. The summed E-state index contributed by atoms with van der Waals surface area (Å²) in [6.45, 7) is 1.43. The largest absolute Gasteiger partial charge is 0.337 e. The van der Waals surface area contributed by atoms with Crippen LogP contribution in [0.15, 0.2) is 30.6 Å². The number of fused-ring (bicyclic) bond motifs is 1. The number of hydrogen-bond donors (Lipinski definition) is 0. The van der Waals surface area contributed by atoms with E-state index >= 15 is 0 Å². The van der Waals surface area contributed by atoms with Crippen LogP contribution in [-0.2, 0) is 7.05 Å². The lowest BCUT2D eigenvalue weighted by Crippen LogP contribution is -2.38. The van der Waals surface area contributed by atoms with E-state index in [0.717, 1.165) is 29.6 Å². The minimum atomic E-state index is -0.0395. The number of aryl methyl sites for hydroxylation is 1. The second-order valence-electron chi connectivity index (χ2n) is 7.67. The average Bonchev–Trinajstić information content (AvgIpc) is 3.47. The first-order valence-corrected chi connectivity index (χ1v) is 9.59. The smallest absolute Gasteiger partial charge is 0.276 e. The highest BCUT2D eigenvalue weighted by Crippen LogP contribution is 2.40. The summed E-state index contributed by atoms with van der Waals surface area (Å²) in [4.78, 5) is 23.8. The standard InChI is InChI=1S/C20H22N6O/c1-25-12-18(23-24-25)20(27)26-8-6-14(7-9-26)17-5-4-15-10-16(13-2-3-13)11-21-19(15)22-17/h4-5,10-14H,2-3,6-9H2,1H3. The number of likely N-dealkylation sites (tertiary alicyclic amines) is 1. The fourth-order valence-corrected chi connectivity index (χ4v) is 3.90. The Balaban J connectivity index is 1.28. The quantitative estimate of drug-likeness (QED) is 0.716. The van der Waals surface area contributed by atoms with E-state index in [4.69, 9.17) is 4.98 Å². The minimum Gasteiger partial charge on any atom is -0.337 e. The van der Waals surface area contributed by atoms with Crippen LogP contribution in [0.2, 0.25) is 0 Å². The summed E-state index contributed by atoms with van der Waals surface area (Å²) in [5.74, 6) is 1.03. The topological polar surface area (TPSA) is 76.8 Å². The molecule has 0 unspecified atom stereocenters. The Kier molecular flexibility index (Phi) is 3.88. The lowest BCUT2D eigenvalue weighted by molar-refractivity contribution is 0.0706. The van der Waals surface area contributed by atoms with Crippen molar-refractivity contribution in [2.75, 3.05) is 13.1 Å². The van der Waals surface area contributed by atoms with Gasteiger partial charge in [0, 0.05) is 43.3 Å². The molecule has 1 amide bonds. The molecule has 4 heterocycles. The molecule has 1 saturated heterocycles. The van der Waals surface area contributed by atoms with E-state index in [1.54, 1.807) is 17.9 Å². The van der Waals surface area contributed by atoms with Crippen LogP contribution in [0, 0.1) is 0 Å². The molecule has 7 nitrogen and oxygen atoms in total. The van der Waals surface area contributed by atoms with Gasteiger partial charge in [0.05, 0.1) is 6.20 Å². The third-order valence-electron chi connectivity index (χ3n) is 5.66. The third-order valence-corrected chi connectivity index (χ3v) is 5.66. The van der Waals surface area contributed by atoms with Crippen molar-refractivity contribution in [3.63, 3.8) is 0 Å². The molecule has 3 aromatic rings. The van der Waals surface area contributed by atoms with Crippen molar-refractivity contribution in [3.8, 4) is 0 Å². The minimum absolute atomic E-state index is 0.0395. The predicted octanol–water partition coefficient (Wildman–Crippen LogP) is 2.66. The van der Waals surface area contributed by atoms with Crippen LogP contribution in [0.5, 0.6) is 0 Å². The van der Waals surface area contributed by atoms with E-state index in [-0.39, 0.29) is 5.91 Å². The Bertz CT molecular complexity index is 1000. The summed E-state index contributed by atoms with van der Waals surface area (Å²) in [5, 5.41) is 8.90. The summed E-state index contributed by atoms with van der Waals surface area (Å²) in [5.41, 5.74) is 3.67. The van der Waals surface area contributed by atoms with Gasteiger partial charge in [0.15, 0.2) is 11.3 Å². The second-order valence-corrected chi connectivity index (χ2v) is 7.67. The van der Waals surface area contributed by atoms with E-state index in [1.807, 2.05) is 11.1 Å². The fraction of sp³-hybridized carbons (Fsp3) is 0.450. The molecule has 0 atom stereocenters.